The predicted molar refractivity (Wildman–Crippen MR) is 91.8 cm³/mol. The van der Waals surface area contributed by atoms with Crippen LogP contribution in [0.5, 0.6) is 0 Å². The van der Waals surface area contributed by atoms with Gasteiger partial charge in [-0.25, -0.2) is 18.6 Å². The number of anilines is 1. The van der Waals surface area contributed by atoms with Gasteiger partial charge in [0.1, 0.15) is 17.1 Å². The molecule has 8 heteroatoms. The van der Waals surface area contributed by atoms with E-state index in [0.29, 0.717) is 31.6 Å². The highest BCUT2D eigenvalue weighted by Gasteiger charge is 2.42. The number of aromatic nitrogens is 1. The zero-order valence-electron chi connectivity index (χ0n) is 15.3. The molecule has 0 N–H and O–H groups in total. The van der Waals surface area contributed by atoms with Gasteiger partial charge in [0.05, 0.1) is 6.04 Å². The lowest BCUT2D eigenvalue weighted by atomic mass is 10.1. The average molecular weight is 367 g/mol. The molecule has 1 aromatic rings. The van der Waals surface area contributed by atoms with Crippen molar-refractivity contribution in [1.29, 1.82) is 0 Å². The summed E-state index contributed by atoms with van der Waals surface area (Å²) in [4.78, 5) is 31.2. The summed E-state index contributed by atoms with van der Waals surface area (Å²) in [5, 5.41) is 0. The summed E-state index contributed by atoms with van der Waals surface area (Å²) in [6.45, 7) is 8.21. The fourth-order valence-electron chi connectivity index (χ4n) is 3.68. The van der Waals surface area contributed by atoms with Gasteiger partial charge in [-0.1, -0.05) is 0 Å². The third-order valence-corrected chi connectivity index (χ3v) is 4.61. The van der Waals surface area contributed by atoms with Crippen LogP contribution < -0.4 is 4.90 Å². The molecule has 2 atom stereocenters. The molecule has 0 saturated carbocycles. The highest BCUT2D eigenvalue weighted by atomic mass is 19.3. The topological polar surface area (TPSA) is 62.7 Å². The van der Waals surface area contributed by atoms with Crippen molar-refractivity contribution in [3.63, 3.8) is 0 Å². The van der Waals surface area contributed by atoms with Gasteiger partial charge in [0.2, 0.25) is 0 Å². The molecule has 0 unspecified atom stereocenters. The van der Waals surface area contributed by atoms with Crippen LogP contribution in [0.25, 0.3) is 0 Å². The van der Waals surface area contributed by atoms with Gasteiger partial charge in [-0.05, 0) is 45.7 Å². The van der Waals surface area contributed by atoms with Crippen LogP contribution in [0.1, 0.15) is 55.7 Å². The summed E-state index contributed by atoms with van der Waals surface area (Å²) >= 11 is 0. The van der Waals surface area contributed by atoms with Crippen molar-refractivity contribution in [2.24, 2.45) is 0 Å². The molecular formula is C18H23F2N3O3. The van der Waals surface area contributed by atoms with Crippen molar-refractivity contribution < 1.29 is 23.1 Å². The number of amides is 1. The number of halogens is 2. The van der Waals surface area contributed by atoms with E-state index in [1.165, 1.54) is 6.07 Å². The standard InChI is InChI=1S/C18H23F2N3O3/c1-10-7-22(17(25)26-18(2,3)4)8-13-6-11-5-12(9-24)14(15(19)20)21-16(11)23(10)13/h5,9-10,13,15H,6-8H2,1-4H3/t10-,13-/m1/s1. The molecule has 3 heterocycles. The molecule has 0 spiro atoms. The van der Waals surface area contributed by atoms with Gasteiger partial charge < -0.3 is 14.5 Å². The minimum absolute atomic E-state index is 0.0683. The quantitative estimate of drug-likeness (QED) is 0.751. The highest BCUT2D eigenvalue weighted by molar-refractivity contribution is 5.79. The number of hydrogen-bond donors (Lipinski definition) is 0. The van der Waals surface area contributed by atoms with Gasteiger partial charge in [-0.2, -0.15) is 0 Å². The second kappa shape index (κ2) is 6.48. The Morgan fingerprint density at radius 3 is 2.65 bits per heavy atom. The maximum absolute atomic E-state index is 13.2. The fraction of sp³-hybridized carbons (Fsp3) is 0.611. The summed E-state index contributed by atoms with van der Waals surface area (Å²) in [7, 11) is 0. The maximum Gasteiger partial charge on any atom is 0.410 e. The second-order valence-electron chi connectivity index (χ2n) is 7.86. The van der Waals surface area contributed by atoms with Gasteiger partial charge in [-0.3, -0.25) is 4.79 Å². The maximum atomic E-state index is 13.2. The molecule has 2 aliphatic rings. The molecule has 3 rings (SSSR count). The van der Waals surface area contributed by atoms with Gasteiger partial charge in [-0.15, -0.1) is 0 Å². The van der Waals surface area contributed by atoms with E-state index in [9.17, 15) is 18.4 Å². The SMILES string of the molecule is C[C@@H]1CN(C(=O)OC(C)(C)C)C[C@H]2Cc3cc(C=O)c(C(F)F)nc3N21. The smallest absolute Gasteiger partial charge is 0.410 e. The van der Waals surface area contributed by atoms with Crippen LogP contribution in [0.15, 0.2) is 6.07 Å². The first kappa shape index (κ1) is 18.5. The van der Waals surface area contributed by atoms with Crippen LogP contribution in [-0.2, 0) is 11.2 Å². The molecule has 2 aliphatic heterocycles. The summed E-state index contributed by atoms with van der Waals surface area (Å²) in [5.74, 6) is 0.493. The largest absolute Gasteiger partial charge is 0.444 e. The first-order chi connectivity index (χ1) is 12.1. The molecule has 1 saturated heterocycles. The molecule has 6 nitrogen and oxygen atoms in total. The lowest BCUT2D eigenvalue weighted by Gasteiger charge is -2.43. The molecule has 1 fully saturated rings. The molecule has 0 radical (unpaired) electrons. The van der Waals surface area contributed by atoms with Gasteiger partial charge in [0.25, 0.3) is 6.43 Å². The number of aldehydes is 1. The van der Waals surface area contributed by atoms with Gasteiger partial charge in [0.15, 0.2) is 6.29 Å². The minimum atomic E-state index is -2.81. The van der Waals surface area contributed by atoms with E-state index in [4.69, 9.17) is 4.74 Å². The number of carbonyl (C=O) groups is 2. The Morgan fingerprint density at radius 1 is 1.38 bits per heavy atom. The van der Waals surface area contributed by atoms with Crippen molar-refractivity contribution in [2.45, 2.75) is 58.2 Å². The van der Waals surface area contributed by atoms with Gasteiger partial charge >= 0.3 is 6.09 Å². The van der Waals surface area contributed by atoms with Crippen molar-refractivity contribution >= 4 is 18.2 Å². The Morgan fingerprint density at radius 2 is 2.08 bits per heavy atom. The number of fused-ring (bicyclic) bond motifs is 3. The second-order valence-corrected chi connectivity index (χ2v) is 7.86. The summed E-state index contributed by atoms with van der Waals surface area (Å²) in [6.07, 6.45) is -2.22. The van der Waals surface area contributed by atoms with Crippen LogP contribution in [0.2, 0.25) is 0 Å². The fourth-order valence-corrected chi connectivity index (χ4v) is 3.68. The average Bonchev–Trinajstić information content (AvgIpc) is 2.89. The molecular weight excluding hydrogens is 344 g/mol. The lowest BCUT2D eigenvalue weighted by Crippen LogP contribution is -2.58. The number of ether oxygens (including phenoxy) is 1. The molecule has 142 valence electrons. The number of pyridine rings is 1. The first-order valence-corrected chi connectivity index (χ1v) is 8.64. The monoisotopic (exact) mass is 367 g/mol. The van der Waals surface area contributed by atoms with Crippen LogP contribution in [0.4, 0.5) is 19.4 Å². The third-order valence-electron chi connectivity index (χ3n) is 4.61. The summed E-state index contributed by atoms with van der Waals surface area (Å²) in [6, 6.07) is 1.34. The molecule has 0 bridgehead atoms. The number of alkyl halides is 2. The highest BCUT2D eigenvalue weighted by Crippen LogP contribution is 2.37. The molecule has 1 aromatic heterocycles. The number of rotatable bonds is 2. The van der Waals surface area contributed by atoms with E-state index in [2.05, 4.69) is 4.98 Å². The molecule has 0 aromatic carbocycles. The number of piperazine rings is 1. The van der Waals surface area contributed by atoms with Gasteiger partial charge in [0, 0.05) is 24.7 Å². The number of carbonyl (C=O) groups excluding carboxylic acids is 2. The zero-order valence-corrected chi connectivity index (χ0v) is 15.3. The lowest BCUT2D eigenvalue weighted by molar-refractivity contribution is 0.0191. The number of hydrogen-bond acceptors (Lipinski definition) is 5. The van der Waals surface area contributed by atoms with Crippen LogP contribution in [-0.4, -0.2) is 53.0 Å². The van der Waals surface area contributed by atoms with E-state index in [1.807, 2.05) is 32.6 Å². The van der Waals surface area contributed by atoms with E-state index in [0.717, 1.165) is 5.56 Å². The third kappa shape index (κ3) is 3.37. The van der Waals surface area contributed by atoms with E-state index in [1.54, 1.807) is 4.90 Å². The zero-order chi connectivity index (χ0) is 19.2. The molecule has 1 amide bonds. The van der Waals surface area contributed by atoms with E-state index >= 15 is 0 Å². The van der Waals surface area contributed by atoms with Crippen LogP contribution in [0.3, 0.4) is 0 Å². The summed E-state index contributed by atoms with van der Waals surface area (Å²) < 4.78 is 31.9. The predicted octanol–water partition coefficient (Wildman–Crippen LogP) is 3.20. The Balaban J connectivity index is 1.86. The van der Waals surface area contributed by atoms with E-state index in [-0.39, 0.29) is 23.7 Å². The van der Waals surface area contributed by atoms with Crippen molar-refractivity contribution in [1.82, 2.24) is 9.88 Å². The molecule has 0 aliphatic carbocycles. The number of nitrogens with zero attached hydrogens (tertiary/aromatic N) is 3. The van der Waals surface area contributed by atoms with Crippen molar-refractivity contribution in [3.8, 4) is 0 Å². The Labute approximate surface area is 151 Å². The van der Waals surface area contributed by atoms with Crippen LogP contribution in [0, 0.1) is 0 Å². The first-order valence-electron chi connectivity index (χ1n) is 8.64. The Kier molecular flexibility index (Phi) is 4.62. The van der Waals surface area contributed by atoms with Crippen molar-refractivity contribution in [2.75, 3.05) is 18.0 Å². The Hall–Kier alpha value is -2.25. The van der Waals surface area contributed by atoms with E-state index < -0.39 is 17.7 Å². The normalized spacial score (nSPS) is 22.3. The minimum Gasteiger partial charge on any atom is -0.444 e. The molecule has 26 heavy (non-hydrogen) atoms. The van der Waals surface area contributed by atoms with Crippen LogP contribution >= 0.6 is 0 Å². The Bertz CT molecular complexity index is 733. The summed E-state index contributed by atoms with van der Waals surface area (Å²) in [5.41, 5.74) is -0.376. The van der Waals surface area contributed by atoms with Crippen molar-refractivity contribution in [3.05, 3.63) is 22.9 Å².